The number of fused-ring (bicyclic) bond motifs is 1. The van der Waals surface area contributed by atoms with Crippen molar-refractivity contribution in [3.63, 3.8) is 0 Å². The van der Waals surface area contributed by atoms with Gasteiger partial charge in [-0.05, 0) is 18.1 Å². The summed E-state index contributed by atoms with van der Waals surface area (Å²) in [5.74, 6) is 0.107. The Morgan fingerprint density at radius 2 is 2.05 bits per heavy atom. The van der Waals surface area contributed by atoms with Crippen molar-refractivity contribution in [1.29, 1.82) is 0 Å². The smallest absolute Gasteiger partial charge is 0.234 e. The molecule has 116 valence electrons. The molecule has 1 aromatic carbocycles. The molecule has 0 atom stereocenters. The molecule has 2 heterocycles. The summed E-state index contributed by atoms with van der Waals surface area (Å²) in [7, 11) is 0. The van der Waals surface area contributed by atoms with Crippen LogP contribution in [0.1, 0.15) is 5.56 Å². The van der Waals surface area contributed by atoms with Crippen LogP contribution in [0.15, 0.2) is 36.5 Å². The number of carbonyl (C=O) groups is 1. The van der Waals surface area contributed by atoms with Crippen LogP contribution in [0.2, 0.25) is 0 Å². The molecule has 5 heteroatoms. The highest BCUT2D eigenvalue weighted by atomic mass is 16.2. The molecule has 0 bridgehead atoms. The normalized spacial score (nSPS) is 15.8. The number of hydrogen-bond acceptors (Lipinski definition) is 4. The molecule has 2 aromatic rings. The molecule has 1 fully saturated rings. The fourth-order valence-electron chi connectivity index (χ4n) is 2.83. The summed E-state index contributed by atoms with van der Waals surface area (Å²) >= 11 is 0. The second-order valence-electron chi connectivity index (χ2n) is 5.62. The predicted octanol–water partition coefficient (Wildman–Crippen LogP) is 0.799. The molecule has 2 N–H and O–H groups in total. The van der Waals surface area contributed by atoms with Crippen LogP contribution in [0.4, 0.5) is 0 Å². The lowest BCUT2D eigenvalue weighted by atomic mass is 10.1. The standard InChI is InChI=1S/C17H22N4O/c22-16(13-21-11-9-18-10-12-21)19-8-6-15-4-1-3-14-5-2-7-20-17(14)15/h1-5,7,18H,6,8-13H2,(H,19,22). The van der Waals surface area contributed by atoms with Crippen molar-refractivity contribution in [3.8, 4) is 0 Å². The molecule has 5 nitrogen and oxygen atoms in total. The minimum absolute atomic E-state index is 0.107. The van der Waals surface area contributed by atoms with Crippen molar-refractivity contribution in [2.45, 2.75) is 6.42 Å². The highest BCUT2D eigenvalue weighted by Crippen LogP contribution is 2.15. The van der Waals surface area contributed by atoms with Crippen LogP contribution in [0.25, 0.3) is 10.9 Å². The van der Waals surface area contributed by atoms with E-state index >= 15 is 0 Å². The summed E-state index contributed by atoms with van der Waals surface area (Å²) < 4.78 is 0. The van der Waals surface area contributed by atoms with E-state index in [-0.39, 0.29) is 5.91 Å². The zero-order chi connectivity index (χ0) is 15.2. The van der Waals surface area contributed by atoms with Crippen LogP contribution in [-0.4, -0.2) is 55.1 Å². The zero-order valence-corrected chi connectivity index (χ0v) is 12.7. The van der Waals surface area contributed by atoms with Crippen LogP contribution in [-0.2, 0) is 11.2 Å². The fourth-order valence-corrected chi connectivity index (χ4v) is 2.83. The Balaban J connectivity index is 1.50. The van der Waals surface area contributed by atoms with Gasteiger partial charge in [-0.1, -0.05) is 24.3 Å². The fraction of sp³-hybridized carbons (Fsp3) is 0.412. The number of hydrogen-bond donors (Lipinski definition) is 2. The maximum Gasteiger partial charge on any atom is 0.234 e. The summed E-state index contributed by atoms with van der Waals surface area (Å²) in [5.41, 5.74) is 2.21. The van der Waals surface area contributed by atoms with Crippen LogP contribution >= 0.6 is 0 Å². The van der Waals surface area contributed by atoms with Crippen molar-refractivity contribution in [2.75, 3.05) is 39.3 Å². The van der Waals surface area contributed by atoms with Crippen molar-refractivity contribution in [1.82, 2.24) is 20.5 Å². The summed E-state index contributed by atoms with van der Waals surface area (Å²) in [6.45, 7) is 4.97. The Morgan fingerprint density at radius 1 is 1.23 bits per heavy atom. The lowest BCUT2D eigenvalue weighted by molar-refractivity contribution is -0.122. The van der Waals surface area contributed by atoms with Gasteiger partial charge in [0, 0.05) is 44.3 Å². The lowest BCUT2D eigenvalue weighted by Crippen LogP contribution is -2.47. The average molecular weight is 298 g/mol. The Hall–Kier alpha value is -1.98. The predicted molar refractivity (Wildman–Crippen MR) is 87.8 cm³/mol. The Labute approximate surface area is 130 Å². The number of pyridine rings is 1. The van der Waals surface area contributed by atoms with Crippen molar-refractivity contribution < 1.29 is 4.79 Å². The van der Waals surface area contributed by atoms with Gasteiger partial charge in [-0.15, -0.1) is 0 Å². The molecule has 3 rings (SSSR count). The highest BCUT2D eigenvalue weighted by molar-refractivity contribution is 5.81. The first kappa shape index (κ1) is 14.9. The molecule has 22 heavy (non-hydrogen) atoms. The zero-order valence-electron chi connectivity index (χ0n) is 12.7. The topological polar surface area (TPSA) is 57.3 Å². The third kappa shape index (κ3) is 3.81. The van der Waals surface area contributed by atoms with Crippen molar-refractivity contribution in [2.24, 2.45) is 0 Å². The number of para-hydroxylation sites is 1. The first-order valence-corrected chi connectivity index (χ1v) is 7.85. The van der Waals surface area contributed by atoms with Crippen molar-refractivity contribution >= 4 is 16.8 Å². The monoisotopic (exact) mass is 298 g/mol. The summed E-state index contributed by atoms with van der Waals surface area (Å²) in [6, 6.07) is 10.2. The van der Waals surface area contributed by atoms with E-state index in [1.165, 1.54) is 5.56 Å². The number of nitrogens with zero attached hydrogens (tertiary/aromatic N) is 2. The van der Waals surface area contributed by atoms with E-state index in [0.717, 1.165) is 43.5 Å². The number of carbonyl (C=O) groups excluding carboxylic acids is 1. The quantitative estimate of drug-likeness (QED) is 0.857. The van der Waals surface area contributed by atoms with Gasteiger partial charge in [-0.25, -0.2) is 0 Å². The summed E-state index contributed by atoms with van der Waals surface area (Å²) in [4.78, 5) is 18.6. The van der Waals surface area contributed by atoms with Gasteiger partial charge < -0.3 is 10.6 Å². The van der Waals surface area contributed by atoms with Gasteiger partial charge in [0.15, 0.2) is 0 Å². The molecule has 1 aliphatic rings. The number of aromatic nitrogens is 1. The number of amides is 1. The molecular formula is C17H22N4O. The van der Waals surface area contributed by atoms with E-state index in [0.29, 0.717) is 13.1 Å². The number of benzene rings is 1. The van der Waals surface area contributed by atoms with Crippen LogP contribution in [0.3, 0.4) is 0 Å². The molecule has 0 radical (unpaired) electrons. The Bertz CT molecular complexity index is 632. The Kier molecular flexibility index (Phi) is 4.98. The molecule has 1 amide bonds. The average Bonchev–Trinajstić information content (AvgIpc) is 2.56. The maximum absolute atomic E-state index is 12.0. The molecule has 1 saturated heterocycles. The summed E-state index contributed by atoms with van der Waals surface area (Å²) in [5, 5.41) is 7.45. The Morgan fingerprint density at radius 3 is 2.91 bits per heavy atom. The number of rotatable bonds is 5. The molecule has 0 spiro atoms. The molecule has 1 aliphatic heterocycles. The molecule has 0 unspecified atom stereocenters. The van der Waals surface area contributed by atoms with Gasteiger partial charge in [-0.3, -0.25) is 14.7 Å². The van der Waals surface area contributed by atoms with Crippen LogP contribution < -0.4 is 10.6 Å². The van der Waals surface area contributed by atoms with Gasteiger partial charge in [0.25, 0.3) is 0 Å². The van der Waals surface area contributed by atoms with Crippen molar-refractivity contribution in [3.05, 3.63) is 42.1 Å². The third-order valence-corrected chi connectivity index (χ3v) is 4.01. The third-order valence-electron chi connectivity index (χ3n) is 4.01. The van der Waals surface area contributed by atoms with Gasteiger partial charge >= 0.3 is 0 Å². The summed E-state index contributed by atoms with van der Waals surface area (Å²) in [6.07, 6.45) is 2.62. The number of piperazine rings is 1. The van der Waals surface area contributed by atoms with Crippen LogP contribution in [0, 0.1) is 0 Å². The maximum atomic E-state index is 12.0. The molecule has 0 aliphatic carbocycles. The first-order valence-electron chi connectivity index (χ1n) is 7.85. The second-order valence-corrected chi connectivity index (χ2v) is 5.62. The lowest BCUT2D eigenvalue weighted by Gasteiger charge is -2.26. The molecule has 1 aromatic heterocycles. The molecular weight excluding hydrogens is 276 g/mol. The van der Waals surface area contributed by atoms with E-state index < -0.39 is 0 Å². The van der Waals surface area contributed by atoms with Gasteiger partial charge in [0.1, 0.15) is 0 Å². The van der Waals surface area contributed by atoms with E-state index in [1.807, 2.05) is 18.3 Å². The van der Waals surface area contributed by atoms with E-state index in [1.54, 1.807) is 0 Å². The second kappa shape index (κ2) is 7.33. The van der Waals surface area contributed by atoms with E-state index in [4.69, 9.17) is 0 Å². The SMILES string of the molecule is O=C(CN1CCNCC1)NCCc1cccc2cccnc12. The van der Waals surface area contributed by atoms with Crippen LogP contribution in [0.5, 0.6) is 0 Å². The van der Waals surface area contributed by atoms with Gasteiger partial charge in [0.2, 0.25) is 5.91 Å². The highest BCUT2D eigenvalue weighted by Gasteiger charge is 2.13. The largest absolute Gasteiger partial charge is 0.355 e. The van der Waals surface area contributed by atoms with E-state index in [2.05, 4.69) is 38.7 Å². The molecule has 0 saturated carbocycles. The minimum Gasteiger partial charge on any atom is -0.355 e. The minimum atomic E-state index is 0.107. The first-order chi connectivity index (χ1) is 10.8. The number of nitrogens with one attached hydrogen (secondary N) is 2. The van der Waals surface area contributed by atoms with E-state index in [9.17, 15) is 4.79 Å². The van der Waals surface area contributed by atoms with Gasteiger partial charge in [-0.2, -0.15) is 0 Å². The van der Waals surface area contributed by atoms with Gasteiger partial charge in [0.05, 0.1) is 12.1 Å².